The SMILES string of the molecule is CC(=O)O.CN1C(=O)C2=NC=NC2=[N+](C)C1=O.[Na].[Na]. The number of nitrogens with zero attached hydrogens (tertiary/aromatic N) is 4. The van der Waals surface area contributed by atoms with Crippen LogP contribution in [0.3, 0.4) is 0 Å². The third kappa shape index (κ3) is 4.90. The van der Waals surface area contributed by atoms with E-state index in [9.17, 15) is 9.59 Å². The smallest absolute Gasteiger partial charge is 0.446 e. The number of imide groups is 1. The van der Waals surface area contributed by atoms with E-state index >= 15 is 0 Å². The van der Waals surface area contributed by atoms with E-state index in [0.717, 1.165) is 11.8 Å². The Morgan fingerprint density at radius 2 is 1.84 bits per heavy atom. The number of carboxylic acid groups (broad SMARTS) is 1. The van der Waals surface area contributed by atoms with Gasteiger partial charge in [0.15, 0.2) is 6.34 Å². The molecule has 0 atom stereocenters. The van der Waals surface area contributed by atoms with E-state index in [1.807, 2.05) is 0 Å². The Morgan fingerprint density at radius 3 is 2.32 bits per heavy atom. The van der Waals surface area contributed by atoms with Crippen LogP contribution in [-0.2, 0) is 9.59 Å². The summed E-state index contributed by atoms with van der Waals surface area (Å²) in [6.07, 6.45) is 1.27. The molecule has 2 heterocycles. The van der Waals surface area contributed by atoms with Crippen molar-refractivity contribution in [2.75, 3.05) is 14.1 Å². The first-order valence-electron chi connectivity index (χ1n) is 4.59. The Labute approximate surface area is 153 Å². The van der Waals surface area contributed by atoms with Crippen molar-refractivity contribution in [1.82, 2.24) is 4.90 Å². The number of amidine groups is 1. The van der Waals surface area contributed by atoms with Gasteiger partial charge >= 0.3 is 11.9 Å². The molecule has 2 aliphatic rings. The Kier molecular flexibility index (Phi) is 9.61. The number of rotatable bonds is 0. The van der Waals surface area contributed by atoms with Gasteiger partial charge in [0.2, 0.25) is 5.71 Å². The second-order valence-electron chi connectivity index (χ2n) is 3.27. The van der Waals surface area contributed by atoms with E-state index < -0.39 is 17.9 Å². The van der Waals surface area contributed by atoms with Crippen molar-refractivity contribution < 1.29 is 24.1 Å². The molecular weight excluding hydrogens is 274 g/mol. The molecule has 0 fully saturated rings. The number of aliphatic imine (C=N–C) groups is 2. The van der Waals surface area contributed by atoms with Crippen molar-refractivity contribution in [2.24, 2.45) is 9.98 Å². The molecule has 0 bridgehead atoms. The number of urea groups is 1. The van der Waals surface area contributed by atoms with Crippen molar-refractivity contribution in [3.63, 3.8) is 0 Å². The van der Waals surface area contributed by atoms with E-state index in [1.165, 1.54) is 18.0 Å². The van der Waals surface area contributed by atoms with Crippen LogP contribution in [0.25, 0.3) is 0 Å². The molecule has 0 aromatic heterocycles. The molecule has 3 amide bonds. The number of carbonyl (C=O) groups excluding carboxylic acids is 2. The Bertz CT molecular complexity index is 494. The minimum absolute atomic E-state index is 0. The molecule has 19 heavy (non-hydrogen) atoms. The van der Waals surface area contributed by atoms with Gasteiger partial charge in [-0.05, 0) is 0 Å². The molecule has 0 aliphatic carbocycles. The summed E-state index contributed by atoms with van der Waals surface area (Å²) in [5.41, 5.74) is 0.226. The number of hydrogen-bond donors (Lipinski definition) is 1. The maximum Gasteiger partial charge on any atom is 0.446 e. The molecule has 92 valence electrons. The summed E-state index contributed by atoms with van der Waals surface area (Å²) in [6, 6.07) is -0.391. The van der Waals surface area contributed by atoms with Gasteiger partial charge in [-0.2, -0.15) is 9.48 Å². The van der Waals surface area contributed by atoms with Crippen LogP contribution >= 0.6 is 0 Å². The van der Waals surface area contributed by atoms with E-state index in [-0.39, 0.29) is 64.8 Å². The average Bonchev–Trinajstić information content (AvgIpc) is 2.71. The largest absolute Gasteiger partial charge is 0.481 e. The zero-order chi connectivity index (χ0) is 13.2. The van der Waals surface area contributed by atoms with Crippen LogP contribution in [0.4, 0.5) is 4.79 Å². The van der Waals surface area contributed by atoms with Crippen LogP contribution < -0.4 is 0 Å². The van der Waals surface area contributed by atoms with Crippen molar-refractivity contribution in [2.45, 2.75) is 6.92 Å². The summed E-state index contributed by atoms with van der Waals surface area (Å²) in [6.45, 7) is 1.08. The second kappa shape index (κ2) is 8.72. The van der Waals surface area contributed by atoms with Gasteiger partial charge in [0.25, 0.3) is 11.8 Å². The molecule has 2 aliphatic heterocycles. The molecule has 2 radical (unpaired) electrons. The molecule has 8 nitrogen and oxygen atoms in total. The molecule has 1 N–H and O–H groups in total. The first kappa shape index (κ1) is 20.9. The van der Waals surface area contributed by atoms with Gasteiger partial charge in [0, 0.05) is 66.0 Å². The molecule has 0 saturated heterocycles. The normalized spacial score (nSPS) is 15.7. The van der Waals surface area contributed by atoms with Crippen molar-refractivity contribution >= 4 is 94.9 Å². The molecule has 10 heteroatoms. The maximum atomic E-state index is 11.4. The summed E-state index contributed by atoms with van der Waals surface area (Å²) in [5, 5.41) is 7.42. The van der Waals surface area contributed by atoms with Gasteiger partial charge in [-0.15, -0.1) is 0 Å². The standard InChI is InChI=1S/C7H7N4O2.C2H4O2.2Na/c1-10-5-4(8-3-9-5)6(12)11(2)7(10)13;1-2(3)4;;/h3H,1-2H3;1H3,(H,3,4);;/q+1;;;. The maximum absolute atomic E-state index is 11.4. The Balaban J connectivity index is 0. The molecule has 0 aromatic carbocycles. The van der Waals surface area contributed by atoms with Gasteiger partial charge in [0.05, 0.1) is 14.1 Å². The number of carbonyl (C=O) groups is 3. The van der Waals surface area contributed by atoms with Crippen molar-refractivity contribution in [3.8, 4) is 0 Å². The summed E-state index contributed by atoms with van der Waals surface area (Å²) in [5.74, 6) is -0.913. The van der Waals surface area contributed by atoms with Crippen LogP contribution in [-0.4, -0.2) is 124 Å². The number of carboxylic acids is 1. The zero-order valence-electron chi connectivity index (χ0n) is 11.5. The number of fused-ring (bicyclic) bond motifs is 1. The van der Waals surface area contributed by atoms with Crippen LogP contribution in [0, 0.1) is 0 Å². The van der Waals surface area contributed by atoms with Crippen LogP contribution in [0.15, 0.2) is 9.98 Å². The predicted octanol–water partition coefficient (Wildman–Crippen LogP) is -1.57. The Hall–Kier alpha value is -0.380. The van der Waals surface area contributed by atoms with Crippen molar-refractivity contribution in [1.29, 1.82) is 0 Å². The van der Waals surface area contributed by atoms with E-state index in [1.54, 1.807) is 7.05 Å². The number of amides is 3. The fourth-order valence-corrected chi connectivity index (χ4v) is 1.22. The predicted molar refractivity (Wildman–Crippen MR) is 70.1 cm³/mol. The molecular formula is C9H11N4Na2O4+. The third-order valence-corrected chi connectivity index (χ3v) is 1.98. The van der Waals surface area contributed by atoms with Crippen LogP contribution in [0.5, 0.6) is 0 Å². The van der Waals surface area contributed by atoms with Crippen LogP contribution in [0.2, 0.25) is 0 Å². The van der Waals surface area contributed by atoms with Crippen molar-refractivity contribution in [3.05, 3.63) is 0 Å². The summed E-state index contributed by atoms with van der Waals surface area (Å²) < 4.78 is 1.30. The third-order valence-electron chi connectivity index (χ3n) is 1.98. The minimum Gasteiger partial charge on any atom is -0.481 e. The van der Waals surface area contributed by atoms with E-state index in [2.05, 4.69) is 9.98 Å². The van der Waals surface area contributed by atoms with E-state index in [4.69, 9.17) is 9.90 Å². The molecule has 0 unspecified atom stereocenters. The van der Waals surface area contributed by atoms with E-state index in [0.29, 0.717) is 5.84 Å². The monoisotopic (exact) mass is 285 g/mol. The number of hydrogen-bond acceptors (Lipinski definition) is 5. The van der Waals surface area contributed by atoms with Gasteiger partial charge in [-0.25, -0.2) is 14.6 Å². The van der Waals surface area contributed by atoms with Gasteiger partial charge < -0.3 is 5.11 Å². The van der Waals surface area contributed by atoms with Gasteiger partial charge in [-0.1, -0.05) is 4.99 Å². The minimum atomic E-state index is -0.833. The van der Waals surface area contributed by atoms with Gasteiger partial charge in [-0.3, -0.25) is 4.79 Å². The zero-order valence-corrected chi connectivity index (χ0v) is 15.5. The van der Waals surface area contributed by atoms with Crippen LogP contribution in [0.1, 0.15) is 6.92 Å². The Morgan fingerprint density at radius 1 is 1.37 bits per heavy atom. The summed E-state index contributed by atoms with van der Waals surface area (Å²) >= 11 is 0. The van der Waals surface area contributed by atoms with Gasteiger partial charge in [0.1, 0.15) is 0 Å². The number of aliphatic carboxylic acids is 1. The fraction of sp³-hybridized carbons (Fsp3) is 0.333. The first-order chi connectivity index (χ1) is 7.86. The average molecular weight is 285 g/mol. The summed E-state index contributed by atoms with van der Waals surface area (Å²) in [4.78, 5) is 40.4. The molecule has 2 rings (SSSR count). The molecule has 0 aromatic rings. The first-order valence-corrected chi connectivity index (χ1v) is 4.59. The quantitative estimate of drug-likeness (QED) is 0.429. The second-order valence-corrected chi connectivity index (χ2v) is 3.27. The summed E-state index contributed by atoms with van der Waals surface area (Å²) in [7, 11) is 2.97. The molecule has 0 spiro atoms. The molecule has 0 saturated carbocycles. The fourth-order valence-electron chi connectivity index (χ4n) is 1.22. The topological polar surface area (TPSA) is 102 Å².